The first-order chi connectivity index (χ1) is 5.06. The third-order valence-corrected chi connectivity index (χ3v) is 1.77. The van der Waals surface area contributed by atoms with Crippen LogP contribution < -0.4 is 0 Å². The van der Waals surface area contributed by atoms with Crippen LogP contribution in [0.2, 0.25) is 0 Å². The van der Waals surface area contributed by atoms with E-state index in [1.807, 2.05) is 0 Å². The molecular formula is C4H10BN2O3P. The maximum absolute atomic E-state index is 10.3. The van der Waals surface area contributed by atoms with Gasteiger partial charge in [-0.3, -0.25) is 0 Å². The summed E-state index contributed by atoms with van der Waals surface area (Å²) in [6.45, 7) is 3.62. The van der Waals surface area contributed by atoms with E-state index in [1.54, 1.807) is 0 Å². The molecule has 0 aliphatic carbocycles. The Morgan fingerprint density at radius 1 is 1.55 bits per heavy atom. The Balaban J connectivity index is 3.36. The fraction of sp³-hybridized carbons (Fsp3) is 0.750. The predicted molar refractivity (Wildman–Crippen MR) is 44.1 cm³/mol. The Morgan fingerprint density at radius 3 is 2.64 bits per heavy atom. The van der Waals surface area contributed by atoms with Crippen molar-refractivity contribution in [1.82, 2.24) is 0 Å². The molecule has 0 aromatic heterocycles. The van der Waals surface area contributed by atoms with Crippen LogP contribution in [0.3, 0.4) is 0 Å². The summed E-state index contributed by atoms with van der Waals surface area (Å²) in [5.41, 5.74) is 0. The summed E-state index contributed by atoms with van der Waals surface area (Å²) in [6.07, 6.45) is 0.213. The van der Waals surface area contributed by atoms with Crippen molar-refractivity contribution in [2.24, 2.45) is 10.1 Å². The van der Waals surface area contributed by atoms with Crippen LogP contribution >= 0.6 is 7.60 Å². The number of hydrogen-bond donors (Lipinski definition) is 2. The van der Waals surface area contributed by atoms with Gasteiger partial charge in [-0.25, -0.2) is 0 Å². The third kappa shape index (κ3) is 9.68. The molecule has 0 unspecified atom stereocenters. The van der Waals surface area contributed by atoms with Crippen molar-refractivity contribution < 1.29 is 14.4 Å². The van der Waals surface area contributed by atoms with Gasteiger partial charge < -0.3 is 0 Å². The molecule has 0 aliphatic heterocycles. The third-order valence-electron chi connectivity index (χ3n) is 0.871. The van der Waals surface area contributed by atoms with Gasteiger partial charge in [0, 0.05) is 0 Å². The molecule has 5 nitrogen and oxygen atoms in total. The molecule has 62 valence electrons. The van der Waals surface area contributed by atoms with Crippen LogP contribution in [-0.4, -0.2) is 36.0 Å². The van der Waals surface area contributed by atoms with E-state index in [9.17, 15) is 4.57 Å². The molecule has 0 rings (SSSR count). The molecule has 0 aliphatic rings. The van der Waals surface area contributed by atoms with Crippen LogP contribution in [0, 0.1) is 0 Å². The summed E-state index contributed by atoms with van der Waals surface area (Å²) in [6, 6.07) is 0. The minimum absolute atomic E-state index is 0.136. The van der Waals surface area contributed by atoms with Crippen molar-refractivity contribution in [3.05, 3.63) is 0 Å². The van der Waals surface area contributed by atoms with Gasteiger partial charge in [0.15, 0.2) is 0 Å². The molecule has 0 atom stereocenters. The first-order valence-corrected chi connectivity index (χ1v) is 4.88. The van der Waals surface area contributed by atoms with Crippen LogP contribution in [0.4, 0.5) is 0 Å². The number of rotatable bonds is 5. The summed E-state index contributed by atoms with van der Waals surface area (Å²) in [7, 11) is -2.57. The molecule has 0 bridgehead atoms. The van der Waals surface area contributed by atoms with Crippen LogP contribution in [-0.2, 0) is 4.57 Å². The van der Waals surface area contributed by atoms with Crippen molar-refractivity contribution in [3.8, 4) is 0 Å². The van der Waals surface area contributed by atoms with E-state index in [1.165, 1.54) is 7.06 Å². The van der Waals surface area contributed by atoms with E-state index in [4.69, 9.17) is 9.79 Å². The van der Waals surface area contributed by atoms with E-state index >= 15 is 0 Å². The van der Waals surface area contributed by atoms with Crippen molar-refractivity contribution in [2.75, 3.05) is 12.7 Å². The quantitative estimate of drug-likeness (QED) is 0.269. The summed E-state index contributed by atoms with van der Waals surface area (Å²) >= 11 is 0. The zero-order chi connectivity index (χ0) is 8.74. The van der Waals surface area contributed by atoms with Gasteiger partial charge in [-0.1, -0.05) is 0 Å². The molecule has 0 spiro atoms. The monoisotopic (exact) mass is 176 g/mol. The Morgan fingerprint density at radius 2 is 2.18 bits per heavy atom. The molecule has 7 heteroatoms. The van der Waals surface area contributed by atoms with Gasteiger partial charge in [0.25, 0.3) is 0 Å². The topological polar surface area (TPSA) is 82.2 Å². The van der Waals surface area contributed by atoms with E-state index in [0.29, 0.717) is 13.0 Å². The molecule has 0 saturated heterocycles. The van der Waals surface area contributed by atoms with Gasteiger partial charge in [-0.15, -0.1) is 0 Å². The normalized spacial score (nSPS) is 11.8. The van der Waals surface area contributed by atoms with Crippen LogP contribution in [0.25, 0.3) is 0 Å². The van der Waals surface area contributed by atoms with Gasteiger partial charge in [0.1, 0.15) is 0 Å². The van der Waals surface area contributed by atoms with Crippen molar-refractivity contribution in [2.45, 2.75) is 6.42 Å². The standard InChI is InChI=1S/C4H10BN2O3P/c1-5-7-6-3-2-4-11(8,9)10/h1-4H2,(H2,8,9,10). The van der Waals surface area contributed by atoms with Gasteiger partial charge in [0.2, 0.25) is 0 Å². The van der Waals surface area contributed by atoms with Gasteiger partial charge in [-0.05, 0) is 0 Å². The van der Waals surface area contributed by atoms with Crippen LogP contribution in [0.5, 0.6) is 0 Å². The maximum atomic E-state index is 10.3. The average Bonchev–Trinajstić information content (AvgIpc) is 1.85. The molecule has 0 fully saturated rings. The van der Waals surface area contributed by atoms with Gasteiger partial charge >= 0.3 is 64.7 Å². The van der Waals surface area contributed by atoms with Crippen molar-refractivity contribution in [3.63, 3.8) is 0 Å². The predicted octanol–water partition coefficient (Wildman–Crippen LogP) is 0.0576. The summed E-state index contributed by atoms with van der Waals surface area (Å²) in [5, 5.41) is 6.98. The van der Waals surface area contributed by atoms with Gasteiger partial charge in [0.05, 0.1) is 0 Å². The Kier molecular flexibility index (Phi) is 5.20. The molecular weight excluding hydrogens is 166 g/mol. The van der Waals surface area contributed by atoms with Crippen LogP contribution in [0.15, 0.2) is 10.1 Å². The number of nitrogens with zero attached hydrogens (tertiary/aromatic N) is 2. The molecule has 0 aromatic carbocycles. The summed E-state index contributed by atoms with van der Waals surface area (Å²) in [5.74, 6) is 0. The molecule has 0 radical (unpaired) electrons. The summed E-state index contributed by atoms with van der Waals surface area (Å²) < 4.78 is 10.3. The number of hydrogen-bond acceptors (Lipinski definition) is 3. The van der Waals surface area contributed by atoms with Crippen molar-refractivity contribution in [1.29, 1.82) is 0 Å². The molecule has 0 amide bonds. The Hall–Kier alpha value is -0.315. The second-order valence-corrected chi connectivity index (χ2v) is 3.68. The Bertz CT molecular complexity index is 190. The molecule has 2 N–H and O–H groups in total. The average molecular weight is 176 g/mol. The molecule has 0 heterocycles. The Labute approximate surface area is 65.6 Å². The zero-order valence-electron chi connectivity index (χ0n) is 6.05. The second-order valence-electron chi connectivity index (χ2n) is 1.90. The molecule has 0 saturated carbocycles. The first kappa shape index (κ1) is 10.7. The summed E-state index contributed by atoms with van der Waals surface area (Å²) in [4.78, 5) is 16.8. The van der Waals surface area contributed by atoms with E-state index in [2.05, 4.69) is 16.6 Å². The van der Waals surface area contributed by atoms with E-state index in [0.717, 1.165) is 0 Å². The van der Waals surface area contributed by atoms with Crippen LogP contribution in [0.1, 0.15) is 6.42 Å². The minimum atomic E-state index is -3.84. The van der Waals surface area contributed by atoms with Gasteiger partial charge in [-0.2, -0.15) is 0 Å². The molecule has 11 heavy (non-hydrogen) atoms. The zero-order valence-corrected chi connectivity index (χ0v) is 6.94. The molecule has 0 aromatic rings. The first-order valence-electron chi connectivity index (χ1n) is 3.08. The van der Waals surface area contributed by atoms with E-state index < -0.39 is 7.60 Å². The van der Waals surface area contributed by atoms with E-state index in [-0.39, 0.29) is 6.16 Å². The van der Waals surface area contributed by atoms with Crippen molar-refractivity contribution >= 4 is 21.1 Å². The fourth-order valence-corrected chi connectivity index (χ4v) is 1.02. The fourth-order valence-electron chi connectivity index (χ4n) is 0.463. The SMILES string of the molecule is C=BN=NCCCP(=O)(O)O. The second kappa shape index (κ2) is 5.35.